The molecule has 4 aromatic rings. The second-order valence-corrected chi connectivity index (χ2v) is 5.88. The Morgan fingerprint density at radius 2 is 1.67 bits per heavy atom. The monoisotopic (exact) mass is 293 g/mol. The fourth-order valence-corrected chi connectivity index (χ4v) is 3.54. The lowest BCUT2D eigenvalue weighted by Gasteiger charge is -2.04. The van der Waals surface area contributed by atoms with Crippen LogP contribution in [0, 0.1) is 0 Å². The molecular weight excluding hydrogens is 281 g/mol. The maximum atomic E-state index is 9.40. The Morgan fingerprint density at radius 1 is 0.857 bits per heavy atom. The van der Waals surface area contributed by atoms with Gasteiger partial charge in [-0.25, -0.2) is 0 Å². The van der Waals surface area contributed by atoms with Gasteiger partial charge in [0.15, 0.2) is 0 Å². The van der Waals surface area contributed by atoms with Crippen molar-refractivity contribution in [2.75, 3.05) is 0 Å². The van der Waals surface area contributed by atoms with Gasteiger partial charge in [0, 0.05) is 10.8 Å². The average molecular weight is 293 g/mol. The highest BCUT2D eigenvalue weighted by molar-refractivity contribution is 7.12. The quantitative estimate of drug-likeness (QED) is 0.558. The molecule has 3 nitrogen and oxygen atoms in total. The maximum Gasteiger partial charge on any atom is 0.488 e. The van der Waals surface area contributed by atoms with E-state index in [4.69, 9.17) is 0 Å². The number of aromatic nitrogens is 1. The third-order valence-corrected chi connectivity index (χ3v) is 4.57. The molecular formula is C16H12BNO2S. The summed E-state index contributed by atoms with van der Waals surface area (Å²) in [6.07, 6.45) is 0. The van der Waals surface area contributed by atoms with Gasteiger partial charge in [-0.05, 0) is 35.1 Å². The van der Waals surface area contributed by atoms with Crippen LogP contribution in [0.1, 0.15) is 0 Å². The molecule has 0 aliphatic heterocycles. The van der Waals surface area contributed by atoms with Gasteiger partial charge in [-0.3, -0.25) is 0 Å². The van der Waals surface area contributed by atoms with Crippen LogP contribution in [0.2, 0.25) is 0 Å². The molecule has 2 aromatic heterocycles. The topological polar surface area (TPSA) is 45.4 Å². The number of hydrogen-bond acceptors (Lipinski definition) is 3. The molecule has 0 spiro atoms. The number of hydrogen-bond donors (Lipinski definition) is 2. The van der Waals surface area contributed by atoms with E-state index in [0.717, 1.165) is 26.8 Å². The largest absolute Gasteiger partial charge is 0.488 e. The third kappa shape index (κ3) is 1.90. The second kappa shape index (κ2) is 4.74. The highest BCUT2D eigenvalue weighted by atomic mass is 32.1. The molecule has 5 heteroatoms. The Kier molecular flexibility index (Phi) is 2.85. The van der Waals surface area contributed by atoms with Crippen LogP contribution in [0.4, 0.5) is 0 Å². The van der Waals surface area contributed by atoms with Crippen molar-refractivity contribution in [2.45, 2.75) is 0 Å². The Bertz CT molecular complexity index is 928. The first-order chi connectivity index (χ1) is 10.3. The van der Waals surface area contributed by atoms with Gasteiger partial charge in [-0.1, -0.05) is 30.3 Å². The number of nitrogens with zero attached hydrogens (tertiary/aromatic N) is 1. The van der Waals surface area contributed by atoms with E-state index in [2.05, 4.69) is 28.1 Å². The van der Waals surface area contributed by atoms with Gasteiger partial charge in [0.1, 0.15) is 0 Å². The average Bonchev–Trinajstić information content (AvgIpc) is 3.11. The molecule has 0 aliphatic carbocycles. The van der Waals surface area contributed by atoms with Crippen molar-refractivity contribution in [2.24, 2.45) is 0 Å². The minimum atomic E-state index is -1.45. The van der Waals surface area contributed by atoms with Crippen molar-refractivity contribution in [1.82, 2.24) is 4.57 Å². The smallest absolute Gasteiger partial charge is 0.423 e. The molecule has 4 rings (SSSR count). The molecule has 2 aromatic carbocycles. The molecule has 0 radical (unpaired) electrons. The van der Waals surface area contributed by atoms with Crippen LogP contribution in [-0.4, -0.2) is 21.7 Å². The van der Waals surface area contributed by atoms with Gasteiger partial charge in [0.05, 0.1) is 16.0 Å². The van der Waals surface area contributed by atoms with E-state index in [1.807, 2.05) is 30.3 Å². The first kappa shape index (κ1) is 12.6. The second-order valence-electron chi connectivity index (χ2n) is 4.95. The SMILES string of the molecule is OB(O)c1ccc2c(c1)c1ccccc1n2-c1cccs1. The zero-order valence-electron chi connectivity index (χ0n) is 11.1. The number of para-hydroxylation sites is 1. The molecule has 102 valence electrons. The summed E-state index contributed by atoms with van der Waals surface area (Å²) in [5.41, 5.74) is 2.71. The fourth-order valence-electron chi connectivity index (χ4n) is 2.79. The normalized spacial score (nSPS) is 11.3. The standard InChI is InChI=1S/C16H12BNO2S/c19-17(20)11-7-8-15-13(10-11)12-4-1-2-5-14(12)18(15)16-6-3-9-21-16/h1-10,19-20H. The molecule has 0 atom stereocenters. The van der Waals surface area contributed by atoms with E-state index in [9.17, 15) is 10.0 Å². The summed E-state index contributed by atoms with van der Waals surface area (Å²) in [4.78, 5) is 0. The molecule has 2 heterocycles. The Morgan fingerprint density at radius 3 is 2.43 bits per heavy atom. The van der Waals surface area contributed by atoms with Gasteiger partial charge in [0.25, 0.3) is 0 Å². The Labute approximate surface area is 125 Å². The molecule has 21 heavy (non-hydrogen) atoms. The zero-order chi connectivity index (χ0) is 14.4. The molecule has 2 N–H and O–H groups in total. The summed E-state index contributed by atoms with van der Waals surface area (Å²) < 4.78 is 2.21. The van der Waals surface area contributed by atoms with Gasteiger partial charge in [-0.15, -0.1) is 11.3 Å². The van der Waals surface area contributed by atoms with E-state index in [-0.39, 0.29) is 0 Å². The molecule has 0 saturated heterocycles. The van der Waals surface area contributed by atoms with E-state index < -0.39 is 7.12 Å². The van der Waals surface area contributed by atoms with Crippen molar-refractivity contribution in [3.05, 3.63) is 60.0 Å². The van der Waals surface area contributed by atoms with Crippen LogP contribution >= 0.6 is 11.3 Å². The molecule has 0 aliphatic rings. The third-order valence-electron chi connectivity index (χ3n) is 3.72. The molecule has 0 fully saturated rings. The first-order valence-corrected chi connectivity index (χ1v) is 7.57. The summed E-state index contributed by atoms with van der Waals surface area (Å²) in [5.74, 6) is 0. The van der Waals surface area contributed by atoms with Crippen LogP contribution in [0.15, 0.2) is 60.0 Å². The van der Waals surface area contributed by atoms with Crippen LogP contribution < -0.4 is 5.46 Å². The highest BCUT2D eigenvalue weighted by Crippen LogP contribution is 2.32. The van der Waals surface area contributed by atoms with Crippen LogP contribution in [0.3, 0.4) is 0 Å². The summed E-state index contributed by atoms with van der Waals surface area (Å²) in [6.45, 7) is 0. The van der Waals surface area contributed by atoms with Gasteiger partial charge >= 0.3 is 7.12 Å². The molecule has 0 bridgehead atoms. The van der Waals surface area contributed by atoms with Crippen molar-refractivity contribution in [3.8, 4) is 5.00 Å². The van der Waals surface area contributed by atoms with Crippen molar-refractivity contribution in [1.29, 1.82) is 0 Å². The predicted octanol–water partition coefficient (Wildman–Crippen LogP) is 2.53. The number of rotatable bonds is 2. The summed E-state index contributed by atoms with van der Waals surface area (Å²) in [7, 11) is -1.45. The minimum absolute atomic E-state index is 0.511. The Hall–Kier alpha value is -2.08. The Balaban J connectivity index is 2.16. The van der Waals surface area contributed by atoms with E-state index in [1.165, 1.54) is 0 Å². The van der Waals surface area contributed by atoms with Gasteiger partial charge in [-0.2, -0.15) is 0 Å². The van der Waals surface area contributed by atoms with Crippen LogP contribution in [0.5, 0.6) is 0 Å². The van der Waals surface area contributed by atoms with Gasteiger partial charge < -0.3 is 14.6 Å². The summed E-state index contributed by atoms with van der Waals surface area (Å²) in [5, 5.41) is 24.1. The minimum Gasteiger partial charge on any atom is -0.423 e. The lowest BCUT2D eigenvalue weighted by molar-refractivity contribution is 0.426. The van der Waals surface area contributed by atoms with E-state index in [0.29, 0.717) is 5.46 Å². The number of thiophene rings is 1. The summed E-state index contributed by atoms with van der Waals surface area (Å²) >= 11 is 1.69. The predicted molar refractivity (Wildman–Crippen MR) is 88.5 cm³/mol. The molecule has 0 saturated carbocycles. The number of benzene rings is 2. The lowest BCUT2D eigenvalue weighted by atomic mass is 9.80. The van der Waals surface area contributed by atoms with Crippen LogP contribution in [0.25, 0.3) is 26.8 Å². The lowest BCUT2D eigenvalue weighted by Crippen LogP contribution is -2.29. The zero-order valence-corrected chi connectivity index (χ0v) is 11.9. The fraction of sp³-hybridized carbons (Fsp3) is 0. The number of fused-ring (bicyclic) bond motifs is 3. The molecule has 0 amide bonds. The highest BCUT2D eigenvalue weighted by Gasteiger charge is 2.16. The van der Waals surface area contributed by atoms with Crippen LogP contribution in [-0.2, 0) is 0 Å². The van der Waals surface area contributed by atoms with Crippen molar-refractivity contribution in [3.63, 3.8) is 0 Å². The van der Waals surface area contributed by atoms with Crippen molar-refractivity contribution < 1.29 is 10.0 Å². The first-order valence-electron chi connectivity index (χ1n) is 6.69. The van der Waals surface area contributed by atoms with E-state index >= 15 is 0 Å². The van der Waals surface area contributed by atoms with Crippen molar-refractivity contribution >= 4 is 45.7 Å². The molecule has 0 unspecified atom stereocenters. The maximum absolute atomic E-state index is 9.40. The van der Waals surface area contributed by atoms with E-state index in [1.54, 1.807) is 17.4 Å². The summed E-state index contributed by atoms with van der Waals surface area (Å²) in [6, 6.07) is 17.9. The van der Waals surface area contributed by atoms with Gasteiger partial charge in [0.2, 0.25) is 0 Å².